The van der Waals surface area contributed by atoms with Crippen LogP contribution in [0.25, 0.3) is 0 Å². The lowest BCUT2D eigenvalue weighted by atomic mass is 9.92. The van der Waals surface area contributed by atoms with E-state index in [0.717, 1.165) is 17.0 Å². The molecular formula is C22H34BCl2N2O4. The van der Waals surface area contributed by atoms with E-state index in [-0.39, 0.29) is 24.5 Å². The SMILES string of the molecule is CC(C)Oc1ccc(N(CCCl)CCCl)cc1C[C@@H](CC(=O)OC(C)(C)C)N[B]C=O. The molecule has 1 aromatic rings. The molecule has 9 heteroatoms. The number of rotatable bonds is 14. The summed E-state index contributed by atoms with van der Waals surface area (Å²) in [7, 11) is 1.30. The topological polar surface area (TPSA) is 67.9 Å². The molecule has 0 aliphatic heterocycles. The highest BCUT2D eigenvalue weighted by Crippen LogP contribution is 2.28. The zero-order chi connectivity index (χ0) is 23.4. The molecule has 173 valence electrons. The third kappa shape index (κ3) is 11.1. The molecule has 0 heterocycles. The summed E-state index contributed by atoms with van der Waals surface area (Å²) >= 11 is 11.9. The van der Waals surface area contributed by atoms with Crippen LogP contribution >= 0.6 is 23.2 Å². The highest BCUT2D eigenvalue weighted by Gasteiger charge is 2.22. The van der Waals surface area contributed by atoms with Crippen molar-refractivity contribution in [1.29, 1.82) is 0 Å². The Hall–Kier alpha value is -1.44. The lowest BCUT2D eigenvalue weighted by Crippen LogP contribution is -2.38. The Kier molecular flexibility index (Phi) is 12.3. The van der Waals surface area contributed by atoms with Crippen molar-refractivity contribution in [2.75, 3.05) is 29.7 Å². The number of carbonyl (C=O) groups excluding carboxylic acids is 2. The average molecular weight is 472 g/mol. The van der Waals surface area contributed by atoms with Gasteiger partial charge in [0, 0.05) is 36.6 Å². The second-order valence-corrected chi connectivity index (χ2v) is 9.24. The molecule has 1 N–H and O–H groups in total. The minimum absolute atomic E-state index is 0.00908. The number of ether oxygens (including phenoxy) is 2. The molecule has 0 fully saturated rings. The Morgan fingerprint density at radius 2 is 1.87 bits per heavy atom. The summed E-state index contributed by atoms with van der Waals surface area (Å²) in [6, 6.07) is 5.60. The fourth-order valence-corrected chi connectivity index (χ4v) is 3.49. The van der Waals surface area contributed by atoms with Gasteiger partial charge in [0.15, 0.2) is 0 Å². The van der Waals surface area contributed by atoms with E-state index in [2.05, 4.69) is 10.1 Å². The van der Waals surface area contributed by atoms with E-state index in [1.165, 1.54) is 7.41 Å². The normalized spacial score (nSPS) is 12.4. The number of nitrogens with zero attached hydrogens (tertiary/aromatic N) is 1. The molecule has 0 spiro atoms. The van der Waals surface area contributed by atoms with Gasteiger partial charge in [-0.05, 0) is 64.8 Å². The maximum Gasteiger partial charge on any atom is 0.307 e. The standard InChI is InChI=1S/C22H34BCl2N2O4/c1-16(2)30-20-7-6-19(27(10-8-24)11-9-25)13-17(20)12-18(26-23-15-28)14-21(29)31-22(3,4)5/h6-7,13,15-16,18,26H,8-12,14H2,1-5H3/t18-/m0/s1. The monoisotopic (exact) mass is 471 g/mol. The number of halogens is 2. The van der Waals surface area contributed by atoms with Gasteiger partial charge in [-0.3, -0.25) is 4.79 Å². The predicted octanol–water partition coefficient (Wildman–Crippen LogP) is 3.80. The van der Waals surface area contributed by atoms with Crippen LogP contribution in [0.15, 0.2) is 18.2 Å². The average Bonchev–Trinajstić information content (AvgIpc) is 2.65. The van der Waals surface area contributed by atoms with E-state index >= 15 is 0 Å². The van der Waals surface area contributed by atoms with Crippen LogP contribution in [0, 0.1) is 0 Å². The molecule has 0 bridgehead atoms. The van der Waals surface area contributed by atoms with Crippen molar-refractivity contribution in [1.82, 2.24) is 5.23 Å². The Labute approximate surface area is 197 Å². The van der Waals surface area contributed by atoms with Crippen LogP contribution < -0.4 is 14.9 Å². The van der Waals surface area contributed by atoms with Gasteiger partial charge in [0.2, 0.25) is 0 Å². The van der Waals surface area contributed by atoms with E-state index < -0.39 is 5.60 Å². The fourth-order valence-electron chi connectivity index (χ4n) is 3.08. The van der Waals surface area contributed by atoms with Gasteiger partial charge in [-0.2, -0.15) is 0 Å². The zero-order valence-electron chi connectivity index (χ0n) is 19.1. The summed E-state index contributed by atoms with van der Waals surface area (Å²) in [5, 5.41) is 3.01. The minimum Gasteiger partial charge on any atom is -0.491 e. The van der Waals surface area contributed by atoms with Crippen LogP contribution in [0.2, 0.25) is 0 Å². The number of hydrogen-bond donors (Lipinski definition) is 1. The molecule has 0 aliphatic carbocycles. The first-order valence-corrected chi connectivity index (χ1v) is 11.6. The van der Waals surface area contributed by atoms with Crippen molar-refractivity contribution in [2.45, 2.75) is 65.2 Å². The summed E-state index contributed by atoms with van der Waals surface area (Å²) in [6.45, 7) is 10.7. The number of carbonyl (C=O) groups is 2. The van der Waals surface area contributed by atoms with Crippen LogP contribution in [-0.4, -0.2) is 62.2 Å². The van der Waals surface area contributed by atoms with Gasteiger partial charge in [0.1, 0.15) is 11.4 Å². The van der Waals surface area contributed by atoms with Crippen molar-refractivity contribution in [2.24, 2.45) is 0 Å². The Balaban J connectivity index is 3.18. The van der Waals surface area contributed by atoms with E-state index in [9.17, 15) is 9.59 Å². The number of nitrogens with one attached hydrogen (secondary N) is 1. The number of benzene rings is 1. The van der Waals surface area contributed by atoms with E-state index in [4.69, 9.17) is 32.7 Å². The number of hydrogen-bond acceptors (Lipinski definition) is 6. The molecule has 1 aromatic carbocycles. The third-order valence-corrected chi connectivity index (χ3v) is 4.52. The van der Waals surface area contributed by atoms with Gasteiger partial charge in [-0.25, -0.2) is 0 Å². The molecule has 1 radical (unpaired) electrons. The number of anilines is 1. The van der Waals surface area contributed by atoms with Gasteiger partial charge in [-0.1, -0.05) is 0 Å². The summed E-state index contributed by atoms with van der Waals surface area (Å²) in [4.78, 5) is 25.4. The van der Waals surface area contributed by atoms with Gasteiger partial charge >= 0.3 is 5.97 Å². The Bertz CT molecular complexity index is 693. The smallest absolute Gasteiger partial charge is 0.307 e. The van der Waals surface area contributed by atoms with Crippen molar-refractivity contribution >= 4 is 48.5 Å². The maximum absolute atomic E-state index is 12.4. The molecule has 0 saturated heterocycles. The Morgan fingerprint density at radius 1 is 1.23 bits per heavy atom. The van der Waals surface area contributed by atoms with E-state index in [1.807, 2.05) is 52.8 Å². The Morgan fingerprint density at radius 3 is 2.39 bits per heavy atom. The van der Waals surface area contributed by atoms with Gasteiger partial charge in [-0.15, -0.1) is 23.2 Å². The first-order chi connectivity index (χ1) is 14.6. The largest absolute Gasteiger partial charge is 0.491 e. The summed E-state index contributed by atoms with van der Waals surface area (Å²) in [5.41, 5.74) is 1.31. The lowest BCUT2D eigenvalue weighted by Gasteiger charge is -2.26. The van der Waals surface area contributed by atoms with Crippen molar-refractivity contribution < 1.29 is 19.1 Å². The molecule has 1 atom stereocenters. The van der Waals surface area contributed by atoms with Crippen LogP contribution in [0.4, 0.5) is 5.69 Å². The van der Waals surface area contributed by atoms with Gasteiger partial charge < -0.3 is 24.4 Å². The predicted molar refractivity (Wildman–Crippen MR) is 129 cm³/mol. The maximum atomic E-state index is 12.4. The van der Waals surface area contributed by atoms with E-state index in [0.29, 0.717) is 37.5 Å². The molecule has 31 heavy (non-hydrogen) atoms. The second kappa shape index (κ2) is 13.9. The highest BCUT2D eigenvalue weighted by atomic mass is 35.5. The van der Waals surface area contributed by atoms with Gasteiger partial charge in [0.05, 0.1) is 18.7 Å². The van der Waals surface area contributed by atoms with Crippen LogP contribution in [0.1, 0.15) is 46.6 Å². The quantitative estimate of drug-likeness (QED) is 0.192. The van der Waals surface area contributed by atoms with E-state index in [1.54, 1.807) is 0 Å². The molecule has 6 nitrogen and oxygen atoms in total. The molecule has 0 amide bonds. The van der Waals surface area contributed by atoms with Crippen LogP contribution in [0.3, 0.4) is 0 Å². The minimum atomic E-state index is -0.578. The first kappa shape index (κ1) is 27.6. The van der Waals surface area contributed by atoms with Crippen molar-refractivity contribution in [3.05, 3.63) is 23.8 Å². The molecule has 0 aromatic heterocycles. The third-order valence-electron chi connectivity index (χ3n) is 4.18. The zero-order valence-corrected chi connectivity index (χ0v) is 20.6. The summed E-state index contributed by atoms with van der Waals surface area (Å²) in [5.74, 6) is 1.36. The molecule has 0 aliphatic rings. The fraction of sp³-hybridized carbons (Fsp3) is 0.636. The summed E-state index contributed by atoms with van der Waals surface area (Å²) < 4.78 is 11.5. The molecule has 1 rings (SSSR count). The second-order valence-electron chi connectivity index (χ2n) is 8.48. The molecule has 0 unspecified atom stereocenters. The van der Waals surface area contributed by atoms with Crippen LogP contribution in [-0.2, 0) is 20.7 Å². The first-order valence-electron chi connectivity index (χ1n) is 10.5. The van der Waals surface area contributed by atoms with Crippen LogP contribution in [0.5, 0.6) is 5.75 Å². The number of esters is 1. The molecular weight excluding hydrogens is 438 g/mol. The van der Waals surface area contributed by atoms with Crippen molar-refractivity contribution in [3.63, 3.8) is 0 Å². The molecule has 0 saturated carbocycles. The highest BCUT2D eigenvalue weighted by molar-refractivity contribution is 6.64. The summed E-state index contributed by atoms with van der Waals surface area (Å²) in [6.07, 6.45) is 1.23. The number of alkyl halides is 2. The van der Waals surface area contributed by atoms with Gasteiger partial charge in [0.25, 0.3) is 7.41 Å². The lowest BCUT2D eigenvalue weighted by molar-refractivity contribution is -0.155. The van der Waals surface area contributed by atoms with Crippen molar-refractivity contribution in [3.8, 4) is 5.75 Å².